The summed E-state index contributed by atoms with van der Waals surface area (Å²) in [4.78, 5) is 28.2. The van der Waals surface area contributed by atoms with Crippen LogP contribution in [0.25, 0.3) is 0 Å². The molecule has 6 heteroatoms. The van der Waals surface area contributed by atoms with Crippen molar-refractivity contribution in [3.63, 3.8) is 0 Å². The van der Waals surface area contributed by atoms with E-state index in [0.717, 1.165) is 24.2 Å². The summed E-state index contributed by atoms with van der Waals surface area (Å²) in [5.74, 6) is 0. The molecule has 4 amide bonds. The molecule has 142 valence electrons. The smallest absolute Gasteiger partial charge is 0.324 e. The second-order valence-electron chi connectivity index (χ2n) is 6.73. The number of aryl methyl sites for hydroxylation is 1. The zero-order valence-corrected chi connectivity index (χ0v) is 15.9. The van der Waals surface area contributed by atoms with Crippen LogP contribution in [0.1, 0.15) is 24.5 Å². The molecule has 2 N–H and O–H groups in total. The lowest BCUT2D eigenvalue weighted by Crippen LogP contribution is -2.49. The van der Waals surface area contributed by atoms with Gasteiger partial charge in [0.05, 0.1) is 0 Å². The maximum atomic E-state index is 12.9. The first kappa shape index (κ1) is 18.8. The van der Waals surface area contributed by atoms with E-state index < -0.39 is 0 Å². The lowest BCUT2D eigenvalue weighted by Gasteiger charge is -2.35. The van der Waals surface area contributed by atoms with Crippen LogP contribution >= 0.6 is 0 Å². The van der Waals surface area contributed by atoms with E-state index in [1.807, 2.05) is 42.2 Å². The summed E-state index contributed by atoms with van der Waals surface area (Å²) in [6, 6.07) is 15.4. The fourth-order valence-corrected chi connectivity index (χ4v) is 3.26. The monoisotopic (exact) mass is 366 g/mol. The van der Waals surface area contributed by atoms with Crippen molar-refractivity contribution in [2.24, 2.45) is 0 Å². The van der Waals surface area contributed by atoms with Crippen molar-refractivity contribution in [3.05, 3.63) is 59.7 Å². The molecule has 0 spiro atoms. The van der Waals surface area contributed by atoms with E-state index in [0.29, 0.717) is 25.3 Å². The zero-order valence-electron chi connectivity index (χ0n) is 15.9. The van der Waals surface area contributed by atoms with E-state index in [-0.39, 0.29) is 12.1 Å². The molecule has 1 aliphatic heterocycles. The summed E-state index contributed by atoms with van der Waals surface area (Å²) in [7, 11) is 0. The topological polar surface area (TPSA) is 64.7 Å². The van der Waals surface area contributed by atoms with Crippen LogP contribution in [0, 0.1) is 6.92 Å². The Labute approximate surface area is 160 Å². The van der Waals surface area contributed by atoms with Gasteiger partial charge in [0.25, 0.3) is 0 Å². The summed E-state index contributed by atoms with van der Waals surface area (Å²) in [6.45, 7) is 6.58. The van der Waals surface area contributed by atoms with E-state index in [1.165, 1.54) is 5.56 Å². The zero-order chi connectivity index (χ0) is 19.2. The Bertz CT molecular complexity index is 804. The SMILES string of the molecule is CCNC(=O)Nc1ccc(N2CCCN(Cc3cccc(C)c3)C2=O)cc1. The van der Waals surface area contributed by atoms with Crippen LogP contribution in [0.3, 0.4) is 0 Å². The van der Waals surface area contributed by atoms with Crippen LogP contribution in [0.4, 0.5) is 21.0 Å². The van der Waals surface area contributed by atoms with E-state index in [1.54, 1.807) is 4.90 Å². The van der Waals surface area contributed by atoms with Crippen LogP contribution in [-0.2, 0) is 6.54 Å². The number of anilines is 2. The summed E-state index contributed by atoms with van der Waals surface area (Å²) in [5, 5.41) is 5.46. The van der Waals surface area contributed by atoms with Gasteiger partial charge in [-0.25, -0.2) is 9.59 Å². The number of rotatable bonds is 5. The second kappa shape index (κ2) is 8.58. The molecule has 2 aromatic rings. The van der Waals surface area contributed by atoms with Gasteiger partial charge in [0.2, 0.25) is 0 Å². The van der Waals surface area contributed by atoms with Crippen molar-refractivity contribution in [2.75, 3.05) is 29.9 Å². The van der Waals surface area contributed by atoms with Crippen LogP contribution in [-0.4, -0.2) is 36.6 Å². The second-order valence-corrected chi connectivity index (χ2v) is 6.73. The highest BCUT2D eigenvalue weighted by Gasteiger charge is 2.26. The molecule has 6 nitrogen and oxygen atoms in total. The van der Waals surface area contributed by atoms with E-state index in [2.05, 4.69) is 35.8 Å². The number of nitrogens with zero attached hydrogens (tertiary/aromatic N) is 2. The van der Waals surface area contributed by atoms with Crippen molar-refractivity contribution >= 4 is 23.4 Å². The fourth-order valence-electron chi connectivity index (χ4n) is 3.26. The van der Waals surface area contributed by atoms with Crippen LogP contribution in [0.15, 0.2) is 48.5 Å². The van der Waals surface area contributed by atoms with Crippen LogP contribution in [0.2, 0.25) is 0 Å². The molecule has 1 fully saturated rings. The lowest BCUT2D eigenvalue weighted by molar-refractivity contribution is 0.192. The van der Waals surface area contributed by atoms with E-state index >= 15 is 0 Å². The largest absolute Gasteiger partial charge is 0.338 e. The fraction of sp³-hybridized carbons (Fsp3) is 0.333. The van der Waals surface area contributed by atoms with Crippen molar-refractivity contribution in [3.8, 4) is 0 Å². The van der Waals surface area contributed by atoms with Gasteiger partial charge in [0.15, 0.2) is 0 Å². The molecule has 0 unspecified atom stereocenters. The van der Waals surface area contributed by atoms with Crippen molar-refractivity contribution in [2.45, 2.75) is 26.8 Å². The number of carbonyl (C=O) groups is 2. The van der Waals surface area contributed by atoms with Crippen molar-refractivity contribution in [1.29, 1.82) is 0 Å². The number of amides is 4. The highest BCUT2D eigenvalue weighted by Crippen LogP contribution is 2.23. The summed E-state index contributed by atoms with van der Waals surface area (Å²) in [5.41, 5.74) is 3.89. The van der Waals surface area contributed by atoms with Gasteiger partial charge in [0, 0.05) is 37.6 Å². The molecule has 0 radical (unpaired) electrons. The molecule has 0 saturated carbocycles. The molecule has 1 saturated heterocycles. The summed E-state index contributed by atoms with van der Waals surface area (Å²) < 4.78 is 0. The Balaban J connectivity index is 1.67. The maximum Gasteiger partial charge on any atom is 0.324 e. The van der Waals surface area contributed by atoms with Gasteiger partial charge in [-0.3, -0.25) is 4.90 Å². The third-order valence-corrected chi connectivity index (χ3v) is 4.54. The number of carbonyl (C=O) groups excluding carboxylic acids is 2. The minimum Gasteiger partial charge on any atom is -0.338 e. The lowest BCUT2D eigenvalue weighted by atomic mass is 10.1. The van der Waals surface area contributed by atoms with E-state index in [4.69, 9.17) is 0 Å². The molecular weight excluding hydrogens is 340 g/mol. The average molecular weight is 366 g/mol. The molecule has 0 bridgehead atoms. The Morgan fingerprint density at radius 3 is 2.59 bits per heavy atom. The van der Waals surface area contributed by atoms with Gasteiger partial charge in [-0.15, -0.1) is 0 Å². The van der Waals surface area contributed by atoms with Crippen molar-refractivity contribution < 1.29 is 9.59 Å². The Hall–Kier alpha value is -3.02. The first-order valence-electron chi connectivity index (χ1n) is 9.33. The van der Waals surface area contributed by atoms with Crippen molar-refractivity contribution in [1.82, 2.24) is 10.2 Å². The molecule has 27 heavy (non-hydrogen) atoms. The van der Waals surface area contributed by atoms with Crippen LogP contribution in [0.5, 0.6) is 0 Å². The number of hydrogen-bond donors (Lipinski definition) is 2. The molecule has 0 atom stereocenters. The number of urea groups is 2. The first-order valence-corrected chi connectivity index (χ1v) is 9.33. The number of benzene rings is 2. The van der Waals surface area contributed by atoms with Gasteiger partial charge in [-0.1, -0.05) is 29.8 Å². The third kappa shape index (κ3) is 4.78. The summed E-state index contributed by atoms with van der Waals surface area (Å²) >= 11 is 0. The van der Waals surface area contributed by atoms with Gasteiger partial charge < -0.3 is 15.5 Å². The number of nitrogens with one attached hydrogen (secondary N) is 2. The molecule has 1 aliphatic rings. The van der Waals surface area contributed by atoms with Crippen LogP contribution < -0.4 is 15.5 Å². The minimum absolute atomic E-state index is 0.0205. The standard InChI is InChI=1S/C21H26N4O2/c1-3-22-20(26)23-18-8-10-19(11-9-18)25-13-5-12-24(21(25)27)15-17-7-4-6-16(2)14-17/h4,6-11,14H,3,5,12-13,15H2,1-2H3,(H2,22,23,26). The molecular formula is C21H26N4O2. The van der Waals surface area contributed by atoms with Gasteiger partial charge in [-0.05, 0) is 50.1 Å². The minimum atomic E-state index is -0.233. The Morgan fingerprint density at radius 1 is 1.11 bits per heavy atom. The molecule has 0 aromatic heterocycles. The third-order valence-electron chi connectivity index (χ3n) is 4.54. The Morgan fingerprint density at radius 2 is 1.89 bits per heavy atom. The average Bonchev–Trinajstić information content (AvgIpc) is 2.64. The molecule has 2 aromatic carbocycles. The maximum absolute atomic E-state index is 12.9. The quantitative estimate of drug-likeness (QED) is 0.841. The van der Waals surface area contributed by atoms with Gasteiger partial charge in [-0.2, -0.15) is 0 Å². The highest BCUT2D eigenvalue weighted by atomic mass is 16.2. The normalized spacial score (nSPS) is 14.2. The predicted molar refractivity (Wildman–Crippen MR) is 108 cm³/mol. The highest BCUT2D eigenvalue weighted by molar-refractivity contribution is 5.93. The molecule has 3 rings (SSSR count). The first-order chi connectivity index (χ1) is 13.1. The summed E-state index contributed by atoms with van der Waals surface area (Å²) in [6.07, 6.45) is 0.927. The molecule has 1 heterocycles. The molecule has 0 aliphatic carbocycles. The van der Waals surface area contributed by atoms with E-state index in [9.17, 15) is 9.59 Å². The van der Waals surface area contributed by atoms with Gasteiger partial charge >= 0.3 is 12.1 Å². The predicted octanol–water partition coefficient (Wildman–Crippen LogP) is 3.97. The van der Waals surface area contributed by atoms with Gasteiger partial charge in [0.1, 0.15) is 0 Å². The number of hydrogen-bond acceptors (Lipinski definition) is 2. The Kier molecular flexibility index (Phi) is 5.96.